The highest BCUT2D eigenvalue weighted by Crippen LogP contribution is 2.09. The van der Waals surface area contributed by atoms with Crippen molar-refractivity contribution in [3.63, 3.8) is 0 Å². The molecule has 0 aromatic heterocycles. The highest BCUT2D eigenvalue weighted by atomic mass is 32.2. The fourth-order valence-electron chi connectivity index (χ4n) is 1.17. The maximum absolute atomic E-state index is 11.0. The van der Waals surface area contributed by atoms with Gasteiger partial charge in [-0.1, -0.05) is 12.2 Å². The monoisotopic (exact) mass is 219 g/mol. The first-order valence-corrected chi connectivity index (χ1v) is 6.45. The van der Waals surface area contributed by atoms with E-state index in [-0.39, 0.29) is 17.6 Å². The number of hydrogen-bond donors (Lipinski definition) is 1. The lowest BCUT2D eigenvalue weighted by Gasteiger charge is -2.21. The Balaban J connectivity index is 3.79. The van der Waals surface area contributed by atoms with Crippen LogP contribution < -0.4 is 5.73 Å². The van der Waals surface area contributed by atoms with E-state index in [1.807, 2.05) is 32.9 Å². The van der Waals surface area contributed by atoms with E-state index >= 15 is 0 Å². The Morgan fingerprint density at radius 3 is 2.50 bits per heavy atom. The Hall–Kier alpha value is -0.0300. The zero-order valence-electron chi connectivity index (χ0n) is 9.40. The van der Waals surface area contributed by atoms with E-state index in [4.69, 9.17) is 10.5 Å². The fraction of sp³-hybridized carbons (Fsp3) is 0.800. The molecular formula is C10H21NO2S. The number of rotatable bonds is 6. The molecule has 0 radical (unpaired) electrons. The minimum absolute atomic E-state index is 0.0208. The summed E-state index contributed by atoms with van der Waals surface area (Å²) in [7, 11) is 0. The van der Waals surface area contributed by atoms with Crippen molar-refractivity contribution in [3.8, 4) is 0 Å². The standard InChI is InChI=1S/C10H21NO2S/c1-5-6-10(11)7-8(2)13-9(3)14(4)12/h5-6,8-10H,7,11H2,1-4H3/b6-5-/t8?,9-,10?,14-/m1/s1. The smallest absolute Gasteiger partial charge is 0.212 e. The van der Waals surface area contributed by atoms with Crippen LogP contribution in [0.25, 0.3) is 0 Å². The van der Waals surface area contributed by atoms with Gasteiger partial charge in [-0.2, -0.15) is 0 Å². The summed E-state index contributed by atoms with van der Waals surface area (Å²) >= 11 is -0.931. The summed E-state index contributed by atoms with van der Waals surface area (Å²) in [6.07, 6.45) is 6.31. The van der Waals surface area contributed by atoms with Crippen molar-refractivity contribution < 1.29 is 9.29 Å². The molecule has 3 nitrogen and oxygen atoms in total. The van der Waals surface area contributed by atoms with E-state index in [2.05, 4.69) is 0 Å². The van der Waals surface area contributed by atoms with Crippen LogP contribution in [0.3, 0.4) is 0 Å². The molecule has 0 saturated heterocycles. The van der Waals surface area contributed by atoms with Gasteiger partial charge in [-0.05, 0) is 31.4 Å². The van der Waals surface area contributed by atoms with Gasteiger partial charge >= 0.3 is 0 Å². The number of ether oxygens (including phenoxy) is 1. The Bertz CT molecular complexity index is 174. The van der Waals surface area contributed by atoms with Gasteiger partial charge in [0.1, 0.15) is 0 Å². The Kier molecular flexibility index (Phi) is 7.27. The maximum Gasteiger partial charge on any atom is 0.212 e. The van der Waals surface area contributed by atoms with Crippen LogP contribution in [-0.2, 0) is 15.9 Å². The molecule has 4 heteroatoms. The first-order valence-electron chi connectivity index (χ1n) is 4.83. The Labute approximate surface area is 89.9 Å². The van der Waals surface area contributed by atoms with E-state index in [0.717, 1.165) is 6.42 Å². The van der Waals surface area contributed by atoms with Gasteiger partial charge in [0.2, 0.25) is 5.44 Å². The lowest BCUT2D eigenvalue weighted by molar-refractivity contribution is 0.0442. The molecular weight excluding hydrogens is 198 g/mol. The minimum Gasteiger partial charge on any atom is -0.615 e. The van der Waals surface area contributed by atoms with Crippen molar-refractivity contribution in [3.05, 3.63) is 12.2 Å². The van der Waals surface area contributed by atoms with Gasteiger partial charge in [-0.25, -0.2) is 0 Å². The second-order valence-corrected chi connectivity index (χ2v) is 5.10. The van der Waals surface area contributed by atoms with E-state index in [1.165, 1.54) is 0 Å². The van der Waals surface area contributed by atoms with Crippen LogP contribution in [0, 0.1) is 0 Å². The van der Waals surface area contributed by atoms with Gasteiger partial charge in [-0.15, -0.1) is 0 Å². The first kappa shape index (κ1) is 14.0. The van der Waals surface area contributed by atoms with Crippen molar-refractivity contribution in [2.45, 2.75) is 44.8 Å². The average molecular weight is 219 g/mol. The summed E-state index contributed by atoms with van der Waals surface area (Å²) in [5.41, 5.74) is 5.57. The van der Waals surface area contributed by atoms with E-state index < -0.39 is 11.2 Å². The van der Waals surface area contributed by atoms with Crippen LogP contribution in [0.1, 0.15) is 27.2 Å². The van der Waals surface area contributed by atoms with E-state index in [0.29, 0.717) is 0 Å². The molecule has 0 heterocycles. The highest BCUT2D eigenvalue weighted by molar-refractivity contribution is 7.91. The third-order valence-electron chi connectivity index (χ3n) is 1.94. The molecule has 2 unspecified atom stereocenters. The van der Waals surface area contributed by atoms with Gasteiger partial charge in [0.15, 0.2) is 0 Å². The van der Waals surface area contributed by atoms with E-state index in [1.54, 1.807) is 6.26 Å². The van der Waals surface area contributed by atoms with Gasteiger partial charge in [-0.3, -0.25) is 0 Å². The molecule has 0 bridgehead atoms. The maximum atomic E-state index is 11.0. The fourth-order valence-corrected chi connectivity index (χ4v) is 1.52. The predicted octanol–water partition coefficient (Wildman–Crippen LogP) is 1.41. The summed E-state index contributed by atoms with van der Waals surface area (Å²) in [5, 5.41) is 0. The molecule has 0 saturated carbocycles. The third-order valence-corrected chi connectivity index (χ3v) is 2.98. The van der Waals surface area contributed by atoms with Crippen molar-refractivity contribution in [1.29, 1.82) is 0 Å². The van der Waals surface area contributed by atoms with Gasteiger partial charge < -0.3 is 15.0 Å². The molecule has 0 rings (SSSR count). The topological polar surface area (TPSA) is 58.3 Å². The summed E-state index contributed by atoms with van der Waals surface area (Å²) in [5.74, 6) is 0. The van der Waals surface area contributed by atoms with Crippen molar-refractivity contribution in [2.24, 2.45) is 5.73 Å². The van der Waals surface area contributed by atoms with Crippen molar-refractivity contribution >= 4 is 11.2 Å². The minimum atomic E-state index is -0.931. The number of allylic oxidation sites excluding steroid dienone is 1. The lowest BCUT2D eigenvalue weighted by atomic mass is 10.1. The number of nitrogens with two attached hydrogens (primary N) is 1. The van der Waals surface area contributed by atoms with Gasteiger partial charge in [0.25, 0.3) is 0 Å². The van der Waals surface area contributed by atoms with Crippen LogP contribution in [0.4, 0.5) is 0 Å². The molecule has 2 N–H and O–H groups in total. The second kappa shape index (κ2) is 7.29. The molecule has 4 atom stereocenters. The van der Waals surface area contributed by atoms with Crippen LogP contribution in [0.5, 0.6) is 0 Å². The molecule has 0 aliphatic heterocycles. The molecule has 0 aliphatic rings. The molecule has 0 spiro atoms. The van der Waals surface area contributed by atoms with Crippen LogP contribution in [0.15, 0.2) is 12.2 Å². The second-order valence-electron chi connectivity index (χ2n) is 3.44. The summed E-state index contributed by atoms with van der Waals surface area (Å²) in [6, 6.07) is 0.0208. The largest absolute Gasteiger partial charge is 0.615 e. The SMILES string of the molecule is C/C=C\C(N)CC(C)O[C@@H](C)[S@@+](C)[O-]. The molecule has 84 valence electrons. The van der Waals surface area contributed by atoms with Gasteiger partial charge in [0.05, 0.1) is 12.4 Å². The van der Waals surface area contributed by atoms with Crippen LogP contribution in [-0.4, -0.2) is 28.4 Å². The summed E-state index contributed by atoms with van der Waals surface area (Å²) < 4.78 is 16.5. The molecule has 0 fully saturated rings. The molecule has 0 aliphatic carbocycles. The first-order chi connectivity index (χ1) is 6.47. The molecule has 14 heavy (non-hydrogen) atoms. The van der Waals surface area contributed by atoms with Crippen molar-refractivity contribution in [2.75, 3.05) is 6.26 Å². The average Bonchev–Trinajstić information content (AvgIpc) is 2.03. The normalized spacial score (nSPS) is 20.7. The van der Waals surface area contributed by atoms with Gasteiger partial charge in [0, 0.05) is 13.0 Å². The molecule has 0 aromatic rings. The zero-order valence-corrected chi connectivity index (χ0v) is 10.2. The zero-order chi connectivity index (χ0) is 11.1. The summed E-state index contributed by atoms with van der Waals surface area (Å²) in [4.78, 5) is 0. The third kappa shape index (κ3) is 6.43. The molecule has 0 aromatic carbocycles. The quantitative estimate of drug-likeness (QED) is 0.543. The van der Waals surface area contributed by atoms with Crippen LogP contribution in [0.2, 0.25) is 0 Å². The van der Waals surface area contributed by atoms with E-state index in [9.17, 15) is 4.55 Å². The van der Waals surface area contributed by atoms with Crippen LogP contribution >= 0.6 is 0 Å². The lowest BCUT2D eigenvalue weighted by Crippen LogP contribution is -2.29. The highest BCUT2D eigenvalue weighted by Gasteiger charge is 2.16. The number of hydrogen-bond acceptors (Lipinski definition) is 3. The Morgan fingerprint density at radius 1 is 1.50 bits per heavy atom. The summed E-state index contributed by atoms with van der Waals surface area (Å²) in [6.45, 7) is 5.70. The Morgan fingerprint density at radius 2 is 2.07 bits per heavy atom. The van der Waals surface area contributed by atoms with Crippen molar-refractivity contribution in [1.82, 2.24) is 0 Å². The predicted molar refractivity (Wildman–Crippen MR) is 61.5 cm³/mol. The molecule has 0 amide bonds.